The smallest absolute Gasteiger partial charge is 0.221 e. The van der Waals surface area contributed by atoms with Gasteiger partial charge in [-0.3, -0.25) is 4.79 Å². The van der Waals surface area contributed by atoms with Crippen LogP contribution in [0.15, 0.2) is 46.9 Å². The summed E-state index contributed by atoms with van der Waals surface area (Å²) >= 11 is 9.25. The largest absolute Gasteiger partial charge is 0.490 e. The first kappa shape index (κ1) is 16.6. The molecule has 0 aliphatic rings. The summed E-state index contributed by atoms with van der Waals surface area (Å²) in [5.41, 5.74) is 0.737. The number of halogens is 2. The minimum absolute atomic E-state index is 0.101. The second-order valence-electron chi connectivity index (χ2n) is 4.48. The van der Waals surface area contributed by atoms with Gasteiger partial charge in [-0.1, -0.05) is 11.6 Å². The van der Waals surface area contributed by atoms with Crippen molar-refractivity contribution in [2.45, 2.75) is 6.92 Å². The first-order valence-electron chi connectivity index (χ1n) is 6.63. The van der Waals surface area contributed by atoms with Crippen molar-refractivity contribution in [3.05, 3.63) is 52.0 Å². The van der Waals surface area contributed by atoms with Gasteiger partial charge < -0.3 is 14.8 Å². The molecule has 0 aliphatic heterocycles. The average Bonchev–Trinajstić information content (AvgIpc) is 2.46. The molecule has 0 radical (unpaired) electrons. The molecule has 0 saturated heterocycles. The monoisotopic (exact) mass is 383 g/mol. The Kier molecular flexibility index (Phi) is 6.10. The summed E-state index contributed by atoms with van der Waals surface area (Å²) in [6.07, 6.45) is 0. The van der Waals surface area contributed by atoms with Gasteiger partial charge >= 0.3 is 0 Å². The molecule has 0 spiro atoms. The molecule has 2 aromatic carbocycles. The molecule has 0 saturated carbocycles. The second-order valence-corrected chi connectivity index (χ2v) is 5.77. The number of hydrogen-bond donors (Lipinski definition) is 1. The highest BCUT2D eigenvalue weighted by atomic mass is 79.9. The number of rotatable bonds is 6. The average molecular weight is 385 g/mol. The number of amides is 1. The van der Waals surface area contributed by atoms with Gasteiger partial charge in [-0.05, 0) is 58.4 Å². The van der Waals surface area contributed by atoms with Crippen LogP contribution in [0.25, 0.3) is 0 Å². The molecule has 4 nitrogen and oxygen atoms in total. The maximum atomic E-state index is 10.9. The maximum absolute atomic E-state index is 10.9. The lowest BCUT2D eigenvalue weighted by Crippen LogP contribution is -2.09. The second kappa shape index (κ2) is 8.06. The number of benzene rings is 2. The van der Waals surface area contributed by atoms with Crippen LogP contribution in [0.4, 0.5) is 5.69 Å². The van der Waals surface area contributed by atoms with Crippen LogP contribution in [0.1, 0.15) is 6.92 Å². The van der Waals surface area contributed by atoms with Gasteiger partial charge in [-0.15, -0.1) is 0 Å². The van der Waals surface area contributed by atoms with E-state index < -0.39 is 0 Å². The van der Waals surface area contributed by atoms with Crippen molar-refractivity contribution in [2.24, 2.45) is 0 Å². The zero-order valence-electron chi connectivity index (χ0n) is 11.9. The third kappa shape index (κ3) is 5.24. The van der Waals surface area contributed by atoms with E-state index >= 15 is 0 Å². The molecule has 0 aromatic heterocycles. The van der Waals surface area contributed by atoms with E-state index in [-0.39, 0.29) is 5.91 Å². The number of anilines is 1. The van der Waals surface area contributed by atoms with Crippen molar-refractivity contribution >= 4 is 39.1 Å². The van der Waals surface area contributed by atoms with E-state index in [1.54, 1.807) is 42.5 Å². The van der Waals surface area contributed by atoms with Crippen LogP contribution in [-0.4, -0.2) is 19.1 Å². The highest BCUT2D eigenvalue weighted by molar-refractivity contribution is 9.10. The normalized spacial score (nSPS) is 10.1. The number of nitrogens with one attached hydrogen (secondary N) is 1. The molecule has 0 heterocycles. The maximum Gasteiger partial charge on any atom is 0.221 e. The fraction of sp³-hybridized carbons (Fsp3) is 0.188. The zero-order chi connectivity index (χ0) is 15.9. The fourth-order valence-electron chi connectivity index (χ4n) is 1.74. The minimum Gasteiger partial charge on any atom is -0.490 e. The molecule has 2 aromatic rings. The third-order valence-electron chi connectivity index (χ3n) is 2.68. The molecule has 6 heteroatoms. The Morgan fingerprint density at radius 3 is 2.45 bits per heavy atom. The Labute approximate surface area is 142 Å². The fourth-order valence-corrected chi connectivity index (χ4v) is 2.54. The molecule has 1 amide bonds. The van der Waals surface area contributed by atoms with E-state index in [2.05, 4.69) is 21.2 Å². The van der Waals surface area contributed by atoms with Crippen molar-refractivity contribution in [3.8, 4) is 11.5 Å². The predicted molar refractivity (Wildman–Crippen MR) is 90.9 cm³/mol. The van der Waals surface area contributed by atoms with E-state index in [1.807, 2.05) is 0 Å². The summed E-state index contributed by atoms with van der Waals surface area (Å²) in [5, 5.41) is 3.34. The summed E-state index contributed by atoms with van der Waals surface area (Å²) in [6, 6.07) is 12.5. The van der Waals surface area contributed by atoms with Gasteiger partial charge in [0.2, 0.25) is 5.91 Å². The minimum atomic E-state index is -0.101. The van der Waals surface area contributed by atoms with Gasteiger partial charge in [-0.25, -0.2) is 0 Å². The molecule has 0 fully saturated rings. The Balaban J connectivity index is 1.77. The molecule has 22 heavy (non-hydrogen) atoms. The topological polar surface area (TPSA) is 47.6 Å². The van der Waals surface area contributed by atoms with E-state index in [0.717, 1.165) is 10.2 Å². The summed E-state index contributed by atoms with van der Waals surface area (Å²) in [6.45, 7) is 2.29. The standard InChI is InChI=1S/C16H15BrClNO3/c1-11(20)19-13-3-5-14(6-4-13)21-8-9-22-16-7-2-12(18)10-15(16)17/h2-7,10H,8-9H2,1H3,(H,19,20). The Morgan fingerprint density at radius 1 is 1.14 bits per heavy atom. The van der Waals surface area contributed by atoms with Crippen molar-refractivity contribution in [3.63, 3.8) is 0 Å². The van der Waals surface area contributed by atoms with E-state index in [1.165, 1.54) is 6.92 Å². The van der Waals surface area contributed by atoms with Crippen LogP contribution >= 0.6 is 27.5 Å². The molecule has 1 N–H and O–H groups in total. The van der Waals surface area contributed by atoms with Gasteiger partial charge in [0.15, 0.2) is 0 Å². The molecule has 116 valence electrons. The summed E-state index contributed by atoms with van der Waals surface area (Å²) in [7, 11) is 0. The molecule has 0 unspecified atom stereocenters. The summed E-state index contributed by atoms with van der Waals surface area (Å²) in [5.74, 6) is 1.33. The molecular formula is C16H15BrClNO3. The molecule has 0 aliphatic carbocycles. The molecule has 0 atom stereocenters. The summed E-state index contributed by atoms with van der Waals surface area (Å²) < 4.78 is 12.0. The number of carbonyl (C=O) groups excluding carboxylic acids is 1. The Hall–Kier alpha value is -1.72. The first-order valence-corrected chi connectivity index (χ1v) is 7.80. The predicted octanol–water partition coefficient (Wildman–Crippen LogP) is 4.52. The Morgan fingerprint density at radius 2 is 1.82 bits per heavy atom. The zero-order valence-corrected chi connectivity index (χ0v) is 14.3. The van der Waals surface area contributed by atoms with Gasteiger partial charge in [0.05, 0.1) is 4.47 Å². The summed E-state index contributed by atoms with van der Waals surface area (Å²) in [4.78, 5) is 10.9. The van der Waals surface area contributed by atoms with E-state index in [0.29, 0.717) is 29.7 Å². The quantitative estimate of drug-likeness (QED) is 0.745. The lowest BCUT2D eigenvalue weighted by molar-refractivity contribution is -0.114. The van der Waals surface area contributed by atoms with Crippen LogP contribution in [0.5, 0.6) is 11.5 Å². The first-order chi connectivity index (χ1) is 10.5. The van der Waals surface area contributed by atoms with E-state index in [4.69, 9.17) is 21.1 Å². The Bertz CT molecular complexity index is 646. The lowest BCUT2D eigenvalue weighted by atomic mass is 10.3. The third-order valence-corrected chi connectivity index (χ3v) is 3.53. The van der Waals surface area contributed by atoms with Crippen molar-refractivity contribution < 1.29 is 14.3 Å². The number of hydrogen-bond acceptors (Lipinski definition) is 3. The van der Waals surface area contributed by atoms with Gasteiger partial charge in [-0.2, -0.15) is 0 Å². The number of carbonyl (C=O) groups is 1. The van der Waals surface area contributed by atoms with Gasteiger partial charge in [0.1, 0.15) is 24.7 Å². The number of ether oxygens (including phenoxy) is 2. The van der Waals surface area contributed by atoms with Crippen molar-refractivity contribution in [2.75, 3.05) is 18.5 Å². The highest BCUT2D eigenvalue weighted by Gasteiger charge is 2.02. The van der Waals surface area contributed by atoms with Crippen molar-refractivity contribution in [1.82, 2.24) is 0 Å². The van der Waals surface area contributed by atoms with Crippen LogP contribution in [0.3, 0.4) is 0 Å². The molecule has 2 rings (SSSR count). The lowest BCUT2D eigenvalue weighted by Gasteiger charge is -2.10. The van der Waals surface area contributed by atoms with Crippen molar-refractivity contribution in [1.29, 1.82) is 0 Å². The SMILES string of the molecule is CC(=O)Nc1ccc(OCCOc2ccc(Cl)cc2Br)cc1. The van der Waals surface area contributed by atoms with Crippen LogP contribution in [-0.2, 0) is 4.79 Å². The van der Waals surface area contributed by atoms with Crippen LogP contribution in [0.2, 0.25) is 5.02 Å². The highest BCUT2D eigenvalue weighted by Crippen LogP contribution is 2.27. The van der Waals surface area contributed by atoms with Gasteiger partial charge in [0, 0.05) is 17.6 Å². The molecule has 0 bridgehead atoms. The van der Waals surface area contributed by atoms with Crippen LogP contribution < -0.4 is 14.8 Å². The molecular weight excluding hydrogens is 370 g/mol. The van der Waals surface area contributed by atoms with Gasteiger partial charge in [0.25, 0.3) is 0 Å². The van der Waals surface area contributed by atoms with Crippen LogP contribution in [0, 0.1) is 0 Å². The van der Waals surface area contributed by atoms with E-state index in [9.17, 15) is 4.79 Å².